The molecule has 9 heteroatoms. The molecule has 1 aromatic heterocycles. The Morgan fingerprint density at radius 1 is 1.31 bits per heavy atom. The zero-order chi connectivity index (χ0) is 17.9. The van der Waals surface area contributed by atoms with Crippen molar-refractivity contribution >= 4 is 57.6 Å². The number of benzene rings is 1. The van der Waals surface area contributed by atoms with E-state index < -0.39 is 0 Å². The lowest BCUT2D eigenvalue weighted by Crippen LogP contribution is -2.38. The number of hydrogen-bond acceptors (Lipinski definition) is 4. The molecule has 0 aliphatic rings. The van der Waals surface area contributed by atoms with Crippen LogP contribution in [-0.2, 0) is 13.6 Å². The van der Waals surface area contributed by atoms with Crippen LogP contribution in [0.4, 0.5) is 0 Å². The van der Waals surface area contributed by atoms with Crippen LogP contribution in [0.1, 0.15) is 5.69 Å². The van der Waals surface area contributed by atoms with Crippen molar-refractivity contribution in [3.05, 3.63) is 46.7 Å². The first-order valence-corrected chi connectivity index (χ1v) is 10.0. The Labute approximate surface area is 184 Å². The Hall–Kier alpha value is -0.940. The third-order valence-corrected chi connectivity index (χ3v) is 4.86. The lowest BCUT2D eigenvalue weighted by atomic mass is 10.3. The summed E-state index contributed by atoms with van der Waals surface area (Å²) in [6.07, 6.45) is 1.79. The largest absolute Gasteiger partial charge is 0.493 e. The predicted octanol–water partition coefficient (Wildman–Crippen LogP) is 3.28. The van der Waals surface area contributed by atoms with E-state index in [2.05, 4.69) is 36.7 Å². The zero-order valence-electron chi connectivity index (χ0n) is 14.9. The van der Waals surface area contributed by atoms with Crippen molar-refractivity contribution in [2.24, 2.45) is 12.0 Å². The lowest BCUT2D eigenvalue weighted by Gasteiger charge is -2.12. The minimum absolute atomic E-state index is 0. The quantitative estimate of drug-likeness (QED) is 0.216. The number of aromatic nitrogens is 2. The van der Waals surface area contributed by atoms with Crippen molar-refractivity contribution in [1.29, 1.82) is 0 Å². The normalized spacial score (nSPS) is 11.0. The van der Waals surface area contributed by atoms with Crippen LogP contribution in [0.5, 0.6) is 5.75 Å². The third kappa shape index (κ3) is 8.63. The number of aryl methyl sites for hydroxylation is 1. The molecule has 0 unspecified atom stereocenters. The van der Waals surface area contributed by atoms with Crippen molar-refractivity contribution in [2.75, 3.05) is 31.7 Å². The van der Waals surface area contributed by atoms with E-state index in [4.69, 9.17) is 4.74 Å². The van der Waals surface area contributed by atoms with Gasteiger partial charge in [-0.05, 0) is 24.3 Å². The molecule has 26 heavy (non-hydrogen) atoms. The number of rotatable bonds is 9. The smallest absolute Gasteiger partial charge is 0.191 e. The zero-order valence-corrected chi connectivity index (χ0v) is 19.7. The Morgan fingerprint density at radius 3 is 2.85 bits per heavy atom. The number of nitrogens with one attached hydrogen (secondary N) is 2. The van der Waals surface area contributed by atoms with Gasteiger partial charge >= 0.3 is 0 Å². The molecule has 144 valence electrons. The number of nitrogens with zero attached hydrogens (tertiary/aromatic N) is 3. The minimum Gasteiger partial charge on any atom is -0.493 e. The van der Waals surface area contributed by atoms with Crippen LogP contribution in [0.15, 0.2) is 46.0 Å². The number of hydrogen-bond donors (Lipinski definition) is 2. The first kappa shape index (κ1) is 23.1. The van der Waals surface area contributed by atoms with Crippen LogP contribution in [0, 0.1) is 0 Å². The Balaban J connectivity index is 0.00000338. The van der Waals surface area contributed by atoms with Crippen molar-refractivity contribution in [1.82, 2.24) is 20.4 Å². The highest BCUT2D eigenvalue weighted by atomic mass is 127. The number of halogens is 2. The molecule has 1 aromatic carbocycles. The molecule has 0 aliphatic heterocycles. The van der Waals surface area contributed by atoms with E-state index in [1.807, 2.05) is 53.8 Å². The van der Waals surface area contributed by atoms with Gasteiger partial charge < -0.3 is 15.4 Å². The molecule has 6 nitrogen and oxygen atoms in total. The van der Waals surface area contributed by atoms with Gasteiger partial charge in [-0.3, -0.25) is 9.67 Å². The van der Waals surface area contributed by atoms with Crippen molar-refractivity contribution in [3.63, 3.8) is 0 Å². The van der Waals surface area contributed by atoms with Gasteiger partial charge in [0, 0.05) is 42.8 Å². The molecule has 0 radical (unpaired) electrons. The second-order valence-corrected chi connectivity index (χ2v) is 7.36. The fourth-order valence-electron chi connectivity index (χ4n) is 2.09. The van der Waals surface area contributed by atoms with E-state index in [1.165, 1.54) is 0 Å². The summed E-state index contributed by atoms with van der Waals surface area (Å²) >= 11 is 5.29. The molecular formula is C17H25BrIN5OS. The monoisotopic (exact) mass is 553 g/mol. The van der Waals surface area contributed by atoms with Crippen molar-refractivity contribution < 1.29 is 4.74 Å². The average Bonchev–Trinajstić information content (AvgIpc) is 3.02. The summed E-state index contributed by atoms with van der Waals surface area (Å²) in [6, 6.07) is 9.89. The van der Waals surface area contributed by atoms with Crippen LogP contribution in [0.3, 0.4) is 0 Å². The number of guanidine groups is 1. The Kier molecular flexibility index (Phi) is 11.8. The van der Waals surface area contributed by atoms with Gasteiger partial charge in [0.25, 0.3) is 0 Å². The van der Waals surface area contributed by atoms with Gasteiger partial charge in [0.15, 0.2) is 5.96 Å². The van der Waals surface area contributed by atoms with E-state index in [0.717, 1.165) is 39.9 Å². The van der Waals surface area contributed by atoms with Gasteiger partial charge in [-0.2, -0.15) is 16.9 Å². The fourth-order valence-corrected chi connectivity index (χ4v) is 3.12. The molecule has 0 amide bonds. The maximum Gasteiger partial charge on any atom is 0.191 e. The van der Waals surface area contributed by atoms with Crippen LogP contribution < -0.4 is 15.4 Å². The van der Waals surface area contributed by atoms with Gasteiger partial charge in [-0.15, -0.1) is 24.0 Å². The van der Waals surface area contributed by atoms with E-state index in [9.17, 15) is 0 Å². The number of aliphatic imine (C=N–C) groups is 1. The second-order valence-electron chi connectivity index (χ2n) is 5.22. The van der Waals surface area contributed by atoms with Crippen LogP contribution >= 0.6 is 51.7 Å². The first-order valence-electron chi connectivity index (χ1n) is 8.06. The van der Waals surface area contributed by atoms with E-state index in [1.54, 1.807) is 13.2 Å². The van der Waals surface area contributed by atoms with E-state index in [0.29, 0.717) is 13.2 Å². The third-order valence-electron chi connectivity index (χ3n) is 3.41. The SMILES string of the molecule is CN=C(NCCSCCOc1cccc(Br)c1)NCc1ccnn1C.I. The minimum atomic E-state index is 0. The summed E-state index contributed by atoms with van der Waals surface area (Å²) < 4.78 is 8.59. The lowest BCUT2D eigenvalue weighted by molar-refractivity contribution is 0.344. The average molecular weight is 554 g/mol. The molecule has 0 aliphatic carbocycles. The topological polar surface area (TPSA) is 63.5 Å². The summed E-state index contributed by atoms with van der Waals surface area (Å²) in [5.41, 5.74) is 1.11. The summed E-state index contributed by atoms with van der Waals surface area (Å²) in [4.78, 5) is 4.23. The van der Waals surface area contributed by atoms with Crippen LogP contribution in [0.25, 0.3) is 0 Å². The maximum absolute atomic E-state index is 5.71. The number of thioether (sulfide) groups is 1. The summed E-state index contributed by atoms with van der Waals surface area (Å²) in [5.74, 6) is 3.64. The van der Waals surface area contributed by atoms with Gasteiger partial charge in [-0.1, -0.05) is 22.0 Å². The summed E-state index contributed by atoms with van der Waals surface area (Å²) in [6.45, 7) is 2.25. The maximum atomic E-state index is 5.71. The van der Waals surface area contributed by atoms with Gasteiger partial charge in [0.1, 0.15) is 5.75 Å². The van der Waals surface area contributed by atoms with E-state index >= 15 is 0 Å². The molecule has 0 saturated carbocycles. The highest BCUT2D eigenvalue weighted by Crippen LogP contribution is 2.17. The van der Waals surface area contributed by atoms with Crippen LogP contribution in [-0.4, -0.2) is 47.4 Å². The van der Waals surface area contributed by atoms with Gasteiger partial charge in [0.05, 0.1) is 18.8 Å². The molecule has 0 spiro atoms. The molecule has 2 N–H and O–H groups in total. The first-order chi connectivity index (χ1) is 12.2. The highest BCUT2D eigenvalue weighted by Gasteiger charge is 2.01. The molecule has 0 atom stereocenters. The molecule has 0 fully saturated rings. The number of ether oxygens (including phenoxy) is 1. The van der Waals surface area contributed by atoms with Gasteiger partial charge in [0.2, 0.25) is 0 Å². The highest BCUT2D eigenvalue weighted by molar-refractivity contribution is 14.0. The molecule has 0 bridgehead atoms. The summed E-state index contributed by atoms with van der Waals surface area (Å²) in [5, 5.41) is 10.7. The Bertz CT molecular complexity index is 683. The van der Waals surface area contributed by atoms with Crippen molar-refractivity contribution in [3.8, 4) is 5.75 Å². The fraction of sp³-hybridized carbons (Fsp3) is 0.412. The molecule has 2 aromatic rings. The molecular weight excluding hydrogens is 529 g/mol. The van der Waals surface area contributed by atoms with Gasteiger partial charge in [-0.25, -0.2) is 0 Å². The Morgan fingerprint density at radius 2 is 2.15 bits per heavy atom. The summed E-state index contributed by atoms with van der Waals surface area (Å²) in [7, 11) is 3.71. The molecule has 0 saturated heterocycles. The predicted molar refractivity (Wildman–Crippen MR) is 124 cm³/mol. The standard InChI is InChI=1S/C17H24BrN5OS.HI/c1-19-17(21-13-15-6-7-22-23(15)2)20-8-10-25-11-9-24-16-5-3-4-14(18)12-16;/h3-7,12H,8-11,13H2,1-2H3,(H2,19,20,21);1H. The van der Waals surface area contributed by atoms with Crippen molar-refractivity contribution in [2.45, 2.75) is 6.54 Å². The van der Waals surface area contributed by atoms with E-state index in [-0.39, 0.29) is 24.0 Å². The van der Waals surface area contributed by atoms with Crippen LogP contribution in [0.2, 0.25) is 0 Å². The molecule has 1 heterocycles. The molecule has 2 rings (SSSR count). The second kappa shape index (κ2) is 13.3.